The van der Waals surface area contributed by atoms with Crippen LogP contribution in [0.25, 0.3) is 0 Å². The number of carbonyl (C=O) groups is 1. The second-order valence-electron chi connectivity index (χ2n) is 6.75. The van der Waals surface area contributed by atoms with Crippen molar-refractivity contribution in [3.8, 4) is 0 Å². The highest BCUT2D eigenvalue weighted by Gasteiger charge is 2.23. The van der Waals surface area contributed by atoms with E-state index in [1.807, 2.05) is 31.4 Å². The first-order valence-corrected chi connectivity index (χ1v) is 11.9. The maximum absolute atomic E-state index is 13.2. The highest BCUT2D eigenvalue weighted by atomic mass is 32.2. The zero-order valence-electron chi connectivity index (χ0n) is 16.7. The summed E-state index contributed by atoms with van der Waals surface area (Å²) in [6.07, 6.45) is 0. The van der Waals surface area contributed by atoms with E-state index in [0.717, 1.165) is 10.4 Å². The van der Waals surface area contributed by atoms with Gasteiger partial charge in [0, 0.05) is 23.5 Å². The number of benzene rings is 2. The molecule has 1 heterocycles. The number of hydrogen-bond acceptors (Lipinski definition) is 4. The molecule has 30 heavy (non-hydrogen) atoms. The third-order valence-corrected chi connectivity index (χ3v) is 7.10. The van der Waals surface area contributed by atoms with Gasteiger partial charge in [-0.15, -0.1) is 11.3 Å². The molecular formula is C22H23FN2O3S2. The number of nitrogens with one attached hydrogen (secondary N) is 1. The summed E-state index contributed by atoms with van der Waals surface area (Å²) in [4.78, 5) is 15.7. The zero-order chi connectivity index (χ0) is 21.7. The lowest BCUT2D eigenvalue weighted by Crippen LogP contribution is -2.33. The normalized spacial score (nSPS) is 12.5. The summed E-state index contributed by atoms with van der Waals surface area (Å²) in [5.41, 5.74) is 1.08. The molecule has 0 radical (unpaired) electrons. The molecule has 2 aromatic carbocycles. The van der Waals surface area contributed by atoms with Gasteiger partial charge in [0.25, 0.3) is 5.91 Å². The van der Waals surface area contributed by atoms with Crippen LogP contribution in [0.1, 0.15) is 40.7 Å². The van der Waals surface area contributed by atoms with Crippen molar-refractivity contribution in [1.29, 1.82) is 0 Å². The van der Waals surface area contributed by atoms with E-state index in [1.54, 1.807) is 29.2 Å². The van der Waals surface area contributed by atoms with E-state index in [1.165, 1.54) is 35.6 Å². The van der Waals surface area contributed by atoms with E-state index in [2.05, 4.69) is 4.72 Å². The monoisotopic (exact) mass is 446 g/mol. The minimum Gasteiger partial charge on any atom is -0.332 e. The SMILES string of the molecule is CCN(C(=O)c1cccc(S(=O)(=O)NCc2cccs2)c1)C(C)c1ccc(F)cc1. The lowest BCUT2D eigenvalue weighted by Gasteiger charge is -2.28. The van der Waals surface area contributed by atoms with Gasteiger partial charge in [-0.05, 0) is 61.2 Å². The van der Waals surface area contributed by atoms with Crippen LogP contribution in [-0.4, -0.2) is 25.8 Å². The number of carbonyl (C=O) groups excluding carboxylic acids is 1. The minimum atomic E-state index is -3.76. The molecule has 0 aliphatic rings. The van der Waals surface area contributed by atoms with Crippen LogP contribution in [0.3, 0.4) is 0 Å². The Morgan fingerprint density at radius 1 is 1.13 bits per heavy atom. The molecule has 1 N–H and O–H groups in total. The molecule has 1 unspecified atom stereocenters. The molecule has 1 aromatic heterocycles. The first kappa shape index (κ1) is 22.1. The summed E-state index contributed by atoms with van der Waals surface area (Å²) < 4.78 is 41.1. The van der Waals surface area contributed by atoms with Crippen LogP contribution in [0, 0.1) is 5.82 Å². The van der Waals surface area contributed by atoms with Crippen LogP contribution in [0.15, 0.2) is 70.9 Å². The van der Waals surface area contributed by atoms with Crippen LogP contribution in [-0.2, 0) is 16.6 Å². The van der Waals surface area contributed by atoms with Crippen molar-refractivity contribution in [2.45, 2.75) is 31.3 Å². The Balaban J connectivity index is 1.80. The van der Waals surface area contributed by atoms with E-state index in [-0.39, 0.29) is 34.8 Å². The van der Waals surface area contributed by atoms with Gasteiger partial charge in [-0.3, -0.25) is 4.79 Å². The number of thiophene rings is 1. The van der Waals surface area contributed by atoms with Gasteiger partial charge in [0.1, 0.15) is 5.82 Å². The molecule has 0 fully saturated rings. The second-order valence-corrected chi connectivity index (χ2v) is 9.55. The molecule has 0 saturated carbocycles. The third kappa shape index (κ3) is 5.13. The van der Waals surface area contributed by atoms with Gasteiger partial charge >= 0.3 is 0 Å². The Bertz CT molecular complexity index is 1100. The summed E-state index contributed by atoms with van der Waals surface area (Å²) in [5, 5.41) is 1.88. The molecule has 0 bridgehead atoms. The van der Waals surface area contributed by atoms with E-state index in [9.17, 15) is 17.6 Å². The number of hydrogen-bond donors (Lipinski definition) is 1. The molecule has 0 spiro atoms. The van der Waals surface area contributed by atoms with Gasteiger partial charge in [-0.25, -0.2) is 17.5 Å². The quantitative estimate of drug-likeness (QED) is 0.550. The van der Waals surface area contributed by atoms with Gasteiger partial charge < -0.3 is 4.90 Å². The molecular weight excluding hydrogens is 423 g/mol. The molecule has 3 rings (SSSR count). The first-order valence-electron chi connectivity index (χ1n) is 9.50. The van der Waals surface area contributed by atoms with Gasteiger partial charge in [0.05, 0.1) is 10.9 Å². The molecule has 0 saturated heterocycles. The zero-order valence-corrected chi connectivity index (χ0v) is 18.3. The molecule has 3 aromatic rings. The number of amides is 1. The molecule has 0 aliphatic heterocycles. The first-order chi connectivity index (χ1) is 14.3. The smallest absolute Gasteiger partial charge is 0.254 e. The Kier molecular flexibility index (Phi) is 7.02. The standard InChI is InChI=1S/C22H23FN2O3S2/c1-3-25(16(2)17-9-11-19(23)12-10-17)22(26)18-6-4-8-21(14-18)30(27,28)24-15-20-7-5-13-29-20/h4-14,16,24H,3,15H2,1-2H3. The Hall–Kier alpha value is -2.55. The predicted octanol–water partition coefficient (Wildman–Crippen LogP) is 4.59. The van der Waals surface area contributed by atoms with Crippen molar-refractivity contribution in [3.63, 3.8) is 0 Å². The van der Waals surface area contributed by atoms with Crippen molar-refractivity contribution in [3.05, 3.63) is 87.9 Å². The Morgan fingerprint density at radius 3 is 2.50 bits per heavy atom. The minimum absolute atomic E-state index is 0.0374. The van der Waals surface area contributed by atoms with Crippen LogP contribution in [0.5, 0.6) is 0 Å². The number of sulfonamides is 1. The van der Waals surface area contributed by atoms with Crippen LogP contribution in [0.4, 0.5) is 4.39 Å². The highest BCUT2D eigenvalue weighted by molar-refractivity contribution is 7.89. The summed E-state index contributed by atoms with van der Waals surface area (Å²) in [7, 11) is -3.76. The van der Waals surface area contributed by atoms with E-state index >= 15 is 0 Å². The van der Waals surface area contributed by atoms with Crippen molar-refractivity contribution < 1.29 is 17.6 Å². The van der Waals surface area contributed by atoms with E-state index < -0.39 is 10.0 Å². The predicted molar refractivity (Wildman–Crippen MR) is 116 cm³/mol. The Labute approximate surface area is 180 Å². The average Bonchev–Trinajstić information content (AvgIpc) is 3.27. The van der Waals surface area contributed by atoms with E-state index in [4.69, 9.17) is 0 Å². The van der Waals surface area contributed by atoms with Gasteiger partial charge in [0.2, 0.25) is 10.0 Å². The second kappa shape index (κ2) is 9.51. The van der Waals surface area contributed by atoms with Crippen molar-refractivity contribution in [1.82, 2.24) is 9.62 Å². The third-order valence-electron chi connectivity index (χ3n) is 4.83. The van der Waals surface area contributed by atoms with Gasteiger partial charge in [-0.2, -0.15) is 0 Å². The summed E-state index contributed by atoms with van der Waals surface area (Å²) in [6, 6.07) is 15.4. The van der Waals surface area contributed by atoms with Crippen molar-refractivity contribution >= 4 is 27.3 Å². The maximum atomic E-state index is 13.2. The number of rotatable bonds is 8. The molecule has 0 aliphatic carbocycles. The van der Waals surface area contributed by atoms with Crippen LogP contribution >= 0.6 is 11.3 Å². The fourth-order valence-corrected chi connectivity index (χ4v) is 4.93. The molecule has 1 amide bonds. The van der Waals surface area contributed by atoms with E-state index in [0.29, 0.717) is 6.54 Å². The van der Waals surface area contributed by atoms with Crippen LogP contribution in [0.2, 0.25) is 0 Å². The van der Waals surface area contributed by atoms with Crippen LogP contribution < -0.4 is 4.72 Å². The largest absolute Gasteiger partial charge is 0.332 e. The van der Waals surface area contributed by atoms with Crippen molar-refractivity contribution in [2.24, 2.45) is 0 Å². The molecule has 158 valence electrons. The maximum Gasteiger partial charge on any atom is 0.254 e. The number of halogens is 1. The summed E-state index contributed by atoms with van der Waals surface area (Å²) in [6.45, 7) is 4.32. The van der Waals surface area contributed by atoms with Gasteiger partial charge in [-0.1, -0.05) is 24.3 Å². The molecule has 1 atom stereocenters. The van der Waals surface area contributed by atoms with Gasteiger partial charge in [0.15, 0.2) is 0 Å². The fourth-order valence-electron chi connectivity index (χ4n) is 3.14. The van der Waals surface area contributed by atoms with Crippen molar-refractivity contribution in [2.75, 3.05) is 6.54 Å². The lowest BCUT2D eigenvalue weighted by molar-refractivity contribution is 0.0702. The number of nitrogens with zero attached hydrogens (tertiary/aromatic N) is 1. The average molecular weight is 447 g/mol. The molecule has 8 heteroatoms. The molecule has 5 nitrogen and oxygen atoms in total. The topological polar surface area (TPSA) is 66.5 Å². The fraction of sp³-hybridized carbons (Fsp3) is 0.227. The Morgan fingerprint density at radius 2 is 1.87 bits per heavy atom. The summed E-state index contributed by atoms with van der Waals surface area (Å²) in [5.74, 6) is -0.627. The lowest BCUT2D eigenvalue weighted by atomic mass is 10.1. The highest BCUT2D eigenvalue weighted by Crippen LogP contribution is 2.23. The summed E-state index contributed by atoms with van der Waals surface area (Å²) >= 11 is 1.46.